The highest BCUT2D eigenvalue weighted by Gasteiger charge is 2.46. The molecular weight excluding hydrogens is 300 g/mol. The van der Waals surface area contributed by atoms with Crippen LogP contribution in [0.1, 0.15) is 36.4 Å². The van der Waals surface area contributed by atoms with E-state index >= 15 is 0 Å². The number of aromatic nitrogens is 2. The zero-order valence-electron chi connectivity index (χ0n) is 13.7. The van der Waals surface area contributed by atoms with Crippen LogP contribution in [-0.2, 0) is 11.3 Å². The number of hydrogen-bond acceptors (Lipinski definition) is 4. The Morgan fingerprint density at radius 3 is 2.75 bits per heavy atom. The Labute approximate surface area is 142 Å². The van der Waals surface area contributed by atoms with E-state index in [1.54, 1.807) is 6.20 Å². The van der Waals surface area contributed by atoms with Gasteiger partial charge in [0.15, 0.2) is 0 Å². The van der Waals surface area contributed by atoms with Crippen LogP contribution < -0.4 is 5.32 Å². The second kappa shape index (κ2) is 6.32. The fourth-order valence-electron chi connectivity index (χ4n) is 3.92. The Balaban J connectivity index is 1.39. The Morgan fingerprint density at radius 1 is 1.17 bits per heavy atom. The van der Waals surface area contributed by atoms with E-state index in [1.807, 2.05) is 36.7 Å². The molecule has 2 aliphatic rings. The summed E-state index contributed by atoms with van der Waals surface area (Å²) in [7, 11) is 0. The summed E-state index contributed by atoms with van der Waals surface area (Å²) < 4.78 is 0. The van der Waals surface area contributed by atoms with Crippen molar-refractivity contribution in [2.24, 2.45) is 0 Å². The topological polar surface area (TPSA) is 58.1 Å². The number of likely N-dealkylation sites (tertiary alicyclic amines) is 1. The lowest BCUT2D eigenvalue weighted by atomic mass is 9.82. The molecule has 4 rings (SSSR count). The van der Waals surface area contributed by atoms with Gasteiger partial charge in [0, 0.05) is 43.8 Å². The Bertz CT molecular complexity index is 696. The van der Waals surface area contributed by atoms with Crippen molar-refractivity contribution < 1.29 is 4.79 Å². The highest BCUT2D eigenvalue weighted by atomic mass is 16.2. The van der Waals surface area contributed by atoms with E-state index in [-0.39, 0.29) is 17.4 Å². The summed E-state index contributed by atoms with van der Waals surface area (Å²) in [6.07, 6.45) is 8.30. The number of pyridine rings is 2. The number of rotatable bonds is 3. The molecule has 0 aliphatic carbocycles. The van der Waals surface area contributed by atoms with Crippen LogP contribution in [0.2, 0.25) is 0 Å². The molecule has 2 aromatic heterocycles. The van der Waals surface area contributed by atoms with Gasteiger partial charge < -0.3 is 5.32 Å². The first-order chi connectivity index (χ1) is 11.7. The van der Waals surface area contributed by atoms with Crippen LogP contribution in [0, 0.1) is 0 Å². The summed E-state index contributed by atoms with van der Waals surface area (Å²) in [6, 6.07) is 9.96. The molecule has 1 atom stereocenters. The van der Waals surface area contributed by atoms with Crippen LogP contribution in [-0.4, -0.2) is 39.4 Å². The fourth-order valence-corrected chi connectivity index (χ4v) is 3.92. The molecule has 1 amide bonds. The zero-order chi connectivity index (χ0) is 16.4. The smallest absolute Gasteiger partial charge is 0.228 e. The molecule has 5 nitrogen and oxygen atoms in total. The molecule has 1 N–H and O–H groups in total. The van der Waals surface area contributed by atoms with Gasteiger partial charge in [-0.1, -0.05) is 12.1 Å². The largest absolute Gasteiger partial charge is 0.350 e. The zero-order valence-corrected chi connectivity index (χ0v) is 13.7. The molecule has 5 heteroatoms. The molecule has 0 bridgehead atoms. The maximum absolute atomic E-state index is 12.5. The van der Waals surface area contributed by atoms with Gasteiger partial charge in [-0.15, -0.1) is 0 Å². The van der Waals surface area contributed by atoms with Crippen LogP contribution in [0.25, 0.3) is 0 Å². The average molecular weight is 322 g/mol. The Morgan fingerprint density at radius 2 is 2.04 bits per heavy atom. The van der Waals surface area contributed by atoms with Gasteiger partial charge in [0.1, 0.15) is 0 Å². The summed E-state index contributed by atoms with van der Waals surface area (Å²) in [5, 5.41) is 3.29. The van der Waals surface area contributed by atoms with Gasteiger partial charge in [0.25, 0.3) is 0 Å². The van der Waals surface area contributed by atoms with Gasteiger partial charge >= 0.3 is 0 Å². The van der Waals surface area contributed by atoms with Crippen LogP contribution in [0.4, 0.5) is 0 Å². The van der Waals surface area contributed by atoms with Crippen molar-refractivity contribution in [3.63, 3.8) is 0 Å². The standard InChI is InChI=1S/C19H22N4O/c24-18-17(15-4-3-8-20-13-15)12-19(22-18)6-10-23(11-7-19)14-16-5-1-2-9-21-16/h1-5,8-9,13,17H,6-7,10-12,14H2,(H,22,24)/t17-/m1/s1. The van der Waals surface area contributed by atoms with Gasteiger partial charge in [-0.05, 0) is 43.0 Å². The number of hydrogen-bond donors (Lipinski definition) is 1. The predicted octanol–water partition coefficient (Wildman–Crippen LogP) is 2.11. The lowest BCUT2D eigenvalue weighted by Crippen LogP contribution is -2.50. The molecule has 4 heterocycles. The van der Waals surface area contributed by atoms with E-state index in [9.17, 15) is 4.79 Å². The van der Waals surface area contributed by atoms with Gasteiger partial charge in [-0.25, -0.2) is 0 Å². The molecule has 0 unspecified atom stereocenters. The minimum atomic E-state index is -0.0546. The second-order valence-electron chi connectivity index (χ2n) is 6.91. The molecule has 124 valence electrons. The fraction of sp³-hybridized carbons (Fsp3) is 0.421. The Kier molecular flexibility index (Phi) is 4.02. The second-order valence-corrected chi connectivity index (χ2v) is 6.91. The van der Waals surface area contributed by atoms with Crippen molar-refractivity contribution in [1.29, 1.82) is 0 Å². The number of carbonyl (C=O) groups excluding carboxylic acids is 1. The third-order valence-electron chi connectivity index (χ3n) is 5.31. The normalized spacial score (nSPS) is 23.3. The number of amides is 1. The highest BCUT2D eigenvalue weighted by molar-refractivity contribution is 5.87. The first kappa shape index (κ1) is 15.3. The quantitative estimate of drug-likeness (QED) is 0.940. The third kappa shape index (κ3) is 3.04. The molecule has 0 radical (unpaired) electrons. The maximum Gasteiger partial charge on any atom is 0.228 e. The summed E-state index contributed by atoms with van der Waals surface area (Å²) in [5.74, 6) is 0.0993. The van der Waals surface area contributed by atoms with Gasteiger partial charge in [-0.3, -0.25) is 19.7 Å². The first-order valence-corrected chi connectivity index (χ1v) is 8.58. The van der Waals surface area contributed by atoms with Crippen LogP contribution in [0.3, 0.4) is 0 Å². The van der Waals surface area contributed by atoms with E-state index < -0.39 is 0 Å². The number of carbonyl (C=O) groups is 1. The molecule has 2 aromatic rings. The molecule has 24 heavy (non-hydrogen) atoms. The van der Waals surface area contributed by atoms with E-state index in [1.165, 1.54) is 0 Å². The van der Waals surface area contributed by atoms with Crippen molar-refractivity contribution >= 4 is 5.91 Å². The summed E-state index contributed by atoms with van der Waals surface area (Å²) in [5.41, 5.74) is 2.10. The lowest BCUT2D eigenvalue weighted by molar-refractivity contribution is -0.121. The van der Waals surface area contributed by atoms with E-state index in [2.05, 4.69) is 26.3 Å². The predicted molar refractivity (Wildman–Crippen MR) is 91.2 cm³/mol. The minimum Gasteiger partial charge on any atom is -0.350 e. The summed E-state index contributed by atoms with van der Waals surface area (Å²) in [6.45, 7) is 2.88. The van der Waals surface area contributed by atoms with Crippen LogP contribution in [0.5, 0.6) is 0 Å². The van der Waals surface area contributed by atoms with Gasteiger partial charge in [0.05, 0.1) is 11.6 Å². The van der Waals surface area contributed by atoms with E-state index in [0.717, 1.165) is 50.2 Å². The summed E-state index contributed by atoms with van der Waals surface area (Å²) in [4.78, 5) is 23.5. The molecule has 2 fully saturated rings. The number of nitrogens with zero attached hydrogens (tertiary/aromatic N) is 3. The van der Waals surface area contributed by atoms with Gasteiger partial charge in [-0.2, -0.15) is 0 Å². The van der Waals surface area contributed by atoms with Crippen molar-refractivity contribution in [3.05, 3.63) is 60.2 Å². The van der Waals surface area contributed by atoms with E-state index in [0.29, 0.717) is 0 Å². The van der Waals surface area contributed by atoms with Crippen molar-refractivity contribution in [2.75, 3.05) is 13.1 Å². The van der Waals surface area contributed by atoms with Crippen molar-refractivity contribution in [2.45, 2.75) is 37.3 Å². The third-order valence-corrected chi connectivity index (χ3v) is 5.31. The van der Waals surface area contributed by atoms with Crippen molar-refractivity contribution in [1.82, 2.24) is 20.2 Å². The van der Waals surface area contributed by atoms with Crippen LogP contribution in [0.15, 0.2) is 48.9 Å². The minimum absolute atomic E-state index is 0.0434. The molecule has 0 aromatic carbocycles. The van der Waals surface area contributed by atoms with Gasteiger partial charge in [0.2, 0.25) is 5.91 Å². The SMILES string of the molecule is O=C1NC2(CCN(Cc3ccccn3)CC2)C[C@@H]1c1cccnc1. The average Bonchev–Trinajstić information content (AvgIpc) is 2.95. The number of nitrogens with one attached hydrogen (secondary N) is 1. The molecule has 2 saturated heterocycles. The number of piperidine rings is 1. The molecule has 1 spiro atoms. The van der Waals surface area contributed by atoms with E-state index in [4.69, 9.17) is 0 Å². The summed E-state index contributed by atoms with van der Waals surface area (Å²) >= 11 is 0. The van der Waals surface area contributed by atoms with Crippen LogP contribution >= 0.6 is 0 Å². The molecule has 2 aliphatic heterocycles. The molecule has 0 saturated carbocycles. The Hall–Kier alpha value is -2.27. The monoisotopic (exact) mass is 322 g/mol. The lowest BCUT2D eigenvalue weighted by Gasteiger charge is -2.39. The molecular formula is C19H22N4O. The first-order valence-electron chi connectivity index (χ1n) is 8.58. The maximum atomic E-state index is 12.5. The highest BCUT2D eigenvalue weighted by Crippen LogP contribution is 2.39. The van der Waals surface area contributed by atoms with Crippen molar-refractivity contribution in [3.8, 4) is 0 Å².